The molecule has 0 fully saturated rings. The fraction of sp³-hybridized carbons (Fsp3) is 0.312. The number of aromatic nitrogens is 1. The van der Waals surface area contributed by atoms with E-state index in [-0.39, 0.29) is 5.91 Å². The zero-order valence-corrected chi connectivity index (χ0v) is 12.6. The number of amides is 1. The van der Waals surface area contributed by atoms with Crippen LogP contribution < -0.4 is 10.1 Å². The molecular formula is C16H20N2O2. The number of nitrogens with zero attached hydrogens (tertiary/aromatic N) is 1. The van der Waals surface area contributed by atoms with Gasteiger partial charge in [0, 0.05) is 18.4 Å². The van der Waals surface area contributed by atoms with Crippen molar-refractivity contribution in [1.82, 2.24) is 4.57 Å². The van der Waals surface area contributed by atoms with Crippen molar-refractivity contribution in [2.75, 3.05) is 12.4 Å². The van der Waals surface area contributed by atoms with Gasteiger partial charge in [0.1, 0.15) is 5.75 Å². The van der Waals surface area contributed by atoms with Crippen molar-refractivity contribution in [2.24, 2.45) is 7.05 Å². The Hall–Kier alpha value is -2.23. The number of anilines is 1. The number of aryl methyl sites for hydroxylation is 2. The van der Waals surface area contributed by atoms with Crippen molar-refractivity contribution in [3.05, 3.63) is 46.8 Å². The Morgan fingerprint density at radius 3 is 2.45 bits per heavy atom. The van der Waals surface area contributed by atoms with Gasteiger partial charge >= 0.3 is 0 Å². The summed E-state index contributed by atoms with van der Waals surface area (Å²) in [6.07, 6.45) is 0. The minimum absolute atomic E-state index is 0.116. The van der Waals surface area contributed by atoms with Gasteiger partial charge in [0.25, 0.3) is 5.91 Å². The zero-order chi connectivity index (χ0) is 14.9. The Morgan fingerprint density at radius 2 is 1.90 bits per heavy atom. The first-order valence-electron chi connectivity index (χ1n) is 6.53. The van der Waals surface area contributed by atoms with Gasteiger partial charge < -0.3 is 14.6 Å². The fourth-order valence-corrected chi connectivity index (χ4v) is 2.19. The molecule has 0 radical (unpaired) electrons. The predicted molar refractivity (Wildman–Crippen MR) is 80.6 cm³/mol. The van der Waals surface area contributed by atoms with Gasteiger partial charge in [-0.05, 0) is 44.5 Å². The third kappa shape index (κ3) is 2.54. The normalized spacial score (nSPS) is 10.4. The molecule has 0 saturated carbocycles. The molecule has 1 aromatic heterocycles. The number of nitrogens with one attached hydrogen (secondary N) is 1. The van der Waals surface area contributed by atoms with E-state index in [4.69, 9.17) is 4.74 Å². The molecule has 4 nitrogen and oxygen atoms in total. The number of carbonyl (C=O) groups excluding carboxylic acids is 1. The highest BCUT2D eigenvalue weighted by Crippen LogP contribution is 2.26. The lowest BCUT2D eigenvalue weighted by Gasteiger charge is -2.11. The minimum atomic E-state index is -0.116. The molecule has 106 valence electrons. The molecule has 0 aliphatic carbocycles. The monoisotopic (exact) mass is 272 g/mol. The maximum absolute atomic E-state index is 12.4. The molecule has 20 heavy (non-hydrogen) atoms. The number of hydrogen-bond acceptors (Lipinski definition) is 2. The standard InChI is InChI=1S/C16H20N2O2/c1-10-6-7-15(20-5)14(8-10)17-16(19)13-9-11(2)18(4)12(13)3/h6-9H,1-5H3,(H,17,19). The molecule has 2 rings (SSSR count). The molecule has 0 aliphatic rings. The number of hydrogen-bond donors (Lipinski definition) is 1. The van der Waals surface area contributed by atoms with Gasteiger partial charge in [-0.3, -0.25) is 4.79 Å². The van der Waals surface area contributed by atoms with Gasteiger partial charge in [0.2, 0.25) is 0 Å². The van der Waals surface area contributed by atoms with Crippen molar-refractivity contribution in [3.8, 4) is 5.75 Å². The number of carbonyl (C=O) groups is 1. The van der Waals surface area contributed by atoms with Crippen molar-refractivity contribution in [1.29, 1.82) is 0 Å². The van der Waals surface area contributed by atoms with Crippen LogP contribution in [0.1, 0.15) is 27.3 Å². The van der Waals surface area contributed by atoms with Gasteiger partial charge in [-0.25, -0.2) is 0 Å². The quantitative estimate of drug-likeness (QED) is 0.932. The first-order valence-corrected chi connectivity index (χ1v) is 6.53. The smallest absolute Gasteiger partial charge is 0.257 e. The Balaban J connectivity index is 2.32. The van der Waals surface area contributed by atoms with Crippen LogP contribution in [0.5, 0.6) is 5.75 Å². The largest absolute Gasteiger partial charge is 0.495 e. The van der Waals surface area contributed by atoms with Crippen LogP contribution in [-0.2, 0) is 7.05 Å². The average molecular weight is 272 g/mol. The fourth-order valence-electron chi connectivity index (χ4n) is 2.19. The third-order valence-corrected chi connectivity index (χ3v) is 3.62. The van der Waals surface area contributed by atoms with E-state index in [0.29, 0.717) is 17.0 Å². The molecule has 1 heterocycles. The van der Waals surface area contributed by atoms with E-state index in [1.54, 1.807) is 7.11 Å². The van der Waals surface area contributed by atoms with Gasteiger partial charge in [-0.1, -0.05) is 6.07 Å². The Labute approximate surface area is 119 Å². The average Bonchev–Trinajstić information content (AvgIpc) is 2.67. The van der Waals surface area contributed by atoms with Gasteiger partial charge in [0.05, 0.1) is 18.4 Å². The van der Waals surface area contributed by atoms with Gasteiger partial charge in [0.15, 0.2) is 0 Å². The zero-order valence-electron chi connectivity index (χ0n) is 12.6. The summed E-state index contributed by atoms with van der Waals surface area (Å²) in [4.78, 5) is 12.4. The van der Waals surface area contributed by atoms with Crippen molar-refractivity contribution in [2.45, 2.75) is 20.8 Å². The summed E-state index contributed by atoms with van der Waals surface area (Å²) in [5.74, 6) is 0.546. The molecule has 0 spiro atoms. The lowest BCUT2D eigenvalue weighted by molar-refractivity contribution is 0.102. The number of ether oxygens (including phenoxy) is 1. The summed E-state index contributed by atoms with van der Waals surface area (Å²) >= 11 is 0. The summed E-state index contributed by atoms with van der Waals surface area (Å²) in [6.45, 7) is 5.90. The highest BCUT2D eigenvalue weighted by atomic mass is 16.5. The van der Waals surface area contributed by atoms with Crippen LogP contribution in [-0.4, -0.2) is 17.6 Å². The third-order valence-electron chi connectivity index (χ3n) is 3.62. The topological polar surface area (TPSA) is 43.3 Å². The van der Waals surface area contributed by atoms with E-state index in [9.17, 15) is 4.79 Å². The van der Waals surface area contributed by atoms with Crippen molar-refractivity contribution < 1.29 is 9.53 Å². The van der Waals surface area contributed by atoms with E-state index in [0.717, 1.165) is 17.0 Å². The Bertz CT molecular complexity index is 657. The molecule has 0 aliphatic heterocycles. The molecule has 0 bridgehead atoms. The first kappa shape index (κ1) is 14.2. The molecular weight excluding hydrogens is 252 g/mol. The van der Waals surface area contributed by atoms with Crippen LogP contribution in [0.25, 0.3) is 0 Å². The minimum Gasteiger partial charge on any atom is -0.495 e. The summed E-state index contributed by atoms with van der Waals surface area (Å²) in [7, 11) is 3.55. The van der Waals surface area contributed by atoms with Crippen LogP contribution in [0.3, 0.4) is 0 Å². The van der Waals surface area contributed by atoms with Crippen molar-refractivity contribution >= 4 is 11.6 Å². The maximum atomic E-state index is 12.4. The van der Waals surface area contributed by atoms with Gasteiger partial charge in [-0.2, -0.15) is 0 Å². The van der Waals surface area contributed by atoms with Crippen LogP contribution in [0.2, 0.25) is 0 Å². The molecule has 4 heteroatoms. The van der Waals surface area contributed by atoms with Crippen molar-refractivity contribution in [3.63, 3.8) is 0 Å². The molecule has 1 aromatic carbocycles. The van der Waals surface area contributed by atoms with Crippen LogP contribution in [0.4, 0.5) is 5.69 Å². The predicted octanol–water partition coefficient (Wildman–Crippen LogP) is 3.21. The van der Waals surface area contributed by atoms with Crippen LogP contribution >= 0.6 is 0 Å². The number of rotatable bonds is 3. The summed E-state index contributed by atoms with van der Waals surface area (Å²) in [5.41, 5.74) is 4.46. The molecule has 2 aromatic rings. The van der Waals surface area contributed by atoms with E-state index in [2.05, 4.69) is 5.32 Å². The van der Waals surface area contributed by atoms with E-state index in [1.165, 1.54) is 0 Å². The molecule has 1 N–H and O–H groups in total. The molecule has 0 saturated heterocycles. The van der Waals surface area contributed by atoms with Gasteiger partial charge in [-0.15, -0.1) is 0 Å². The Morgan fingerprint density at radius 1 is 1.20 bits per heavy atom. The number of methoxy groups -OCH3 is 1. The summed E-state index contributed by atoms with van der Waals surface area (Å²) in [6, 6.07) is 7.61. The second-order valence-electron chi connectivity index (χ2n) is 5.00. The maximum Gasteiger partial charge on any atom is 0.257 e. The van der Waals surface area contributed by atoms with Crippen LogP contribution in [0.15, 0.2) is 24.3 Å². The Kier molecular flexibility index (Phi) is 3.84. The lowest BCUT2D eigenvalue weighted by Crippen LogP contribution is -2.13. The molecule has 0 unspecified atom stereocenters. The van der Waals surface area contributed by atoms with E-state index in [1.807, 2.05) is 56.7 Å². The number of benzene rings is 1. The van der Waals surface area contributed by atoms with E-state index < -0.39 is 0 Å². The second kappa shape index (κ2) is 5.41. The highest BCUT2D eigenvalue weighted by Gasteiger charge is 2.15. The lowest BCUT2D eigenvalue weighted by atomic mass is 10.2. The molecule has 1 amide bonds. The second-order valence-corrected chi connectivity index (χ2v) is 5.00. The highest BCUT2D eigenvalue weighted by molar-refractivity contribution is 6.06. The molecule has 0 atom stereocenters. The summed E-state index contributed by atoms with van der Waals surface area (Å²) in [5, 5.41) is 2.92. The first-order chi connectivity index (χ1) is 9.43. The van der Waals surface area contributed by atoms with E-state index >= 15 is 0 Å². The summed E-state index contributed by atoms with van der Waals surface area (Å²) < 4.78 is 7.28. The van der Waals surface area contributed by atoms with Crippen LogP contribution in [0, 0.1) is 20.8 Å². The SMILES string of the molecule is COc1ccc(C)cc1NC(=O)c1cc(C)n(C)c1C.